The summed E-state index contributed by atoms with van der Waals surface area (Å²) in [7, 11) is -8.78. The van der Waals surface area contributed by atoms with Crippen molar-refractivity contribution in [3.63, 3.8) is 0 Å². The van der Waals surface area contributed by atoms with Crippen molar-refractivity contribution < 1.29 is 44.9 Å². The summed E-state index contributed by atoms with van der Waals surface area (Å²) in [6, 6.07) is 10.5. The maximum Gasteiger partial charge on any atom is 2.00 e. The Balaban J connectivity index is 0.000000602. The van der Waals surface area contributed by atoms with Gasteiger partial charge in [-0.25, -0.2) is 16.8 Å². The minimum absolute atomic E-state index is 0. The fourth-order valence-electron chi connectivity index (χ4n) is 1.99. The molecule has 2 aromatic rings. The van der Waals surface area contributed by atoms with E-state index < -0.39 is 20.2 Å². The number of benzene rings is 2. The van der Waals surface area contributed by atoms with Gasteiger partial charge < -0.3 is 28.1 Å². The molecule has 10 nitrogen and oxygen atoms in total. The smallest absolute Gasteiger partial charge is 0.744 e. The number of hydrogen-bond donors (Lipinski definition) is 0. The molecule has 0 aromatic heterocycles. The van der Waals surface area contributed by atoms with Gasteiger partial charge in [0.15, 0.2) is 0 Å². The Morgan fingerprint density at radius 1 is 0.636 bits per heavy atom. The van der Waals surface area contributed by atoms with Crippen LogP contribution in [0.15, 0.2) is 84.0 Å². The van der Waals surface area contributed by atoms with Crippen LogP contribution in [-0.2, 0) is 29.7 Å². The SMILES string of the molecule is C=COCCOc1ccc(S(=O)(=O)[O-])cc1.C=COCCOc1ccc(S(=O)(=O)[O-])cc1.[Mg+2]. The van der Waals surface area contributed by atoms with Gasteiger partial charge in [-0.2, -0.15) is 0 Å². The van der Waals surface area contributed by atoms with E-state index in [1.54, 1.807) is 0 Å². The summed E-state index contributed by atoms with van der Waals surface area (Å²) in [6.07, 6.45) is 2.60. The van der Waals surface area contributed by atoms with Gasteiger partial charge >= 0.3 is 23.1 Å². The number of rotatable bonds is 12. The van der Waals surface area contributed by atoms with Crippen LogP contribution in [0, 0.1) is 0 Å². The molecule has 0 spiro atoms. The van der Waals surface area contributed by atoms with Gasteiger partial charge in [0.2, 0.25) is 0 Å². The van der Waals surface area contributed by atoms with Gasteiger partial charge in [-0.05, 0) is 48.5 Å². The van der Waals surface area contributed by atoms with E-state index in [-0.39, 0.29) is 32.8 Å². The number of ether oxygens (including phenoxy) is 4. The minimum atomic E-state index is -4.39. The minimum Gasteiger partial charge on any atom is -0.744 e. The predicted octanol–water partition coefficient (Wildman–Crippen LogP) is 1.88. The molecule has 0 N–H and O–H groups in total. The summed E-state index contributed by atoms with van der Waals surface area (Å²) in [5, 5.41) is 0. The molecule has 0 fully saturated rings. The quantitative estimate of drug-likeness (QED) is 0.179. The molecule has 0 aliphatic heterocycles. The van der Waals surface area contributed by atoms with Crippen LogP contribution in [0.1, 0.15) is 0 Å². The molecule has 13 heteroatoms. The largest absolute Gasteiger partial charge is 2.00 e. The Bertz CT molecular complexity index is 964. The fourth-order valence-corrected chi connectivity index (χ4v) is 2.93. The van der Waals surface area contributed by atoms with E-state index in [0.29, 0.717) is 37.9 Å². The van der Waals surface area contributed by atoms with Crippen molar-refractivity contribution in [3.8, 4) is 11.5 Å². The molecule has 0 amide bonds. The average Bonchev–Trinajstić information content (AvgIpc) is 2.74. The van der Waals surface area contributed by atoms with E-state index >= 15 is 0 Å². The van der Waals surface area contributed by atoms with Crippen LogP contribution in [0.2, 0.25) is 0 Å². The molecule has 33 heavy (non-hydrogen) atoms. The zero-order chi connectivity index (χ0) is 24.0. The van der Waals surface area contributed by atoms with Crippen molar-refractivity contribution >= 4 is 43.3 Å². The first-order valence-corrected chi connectivity index (χ1v) is 11.7. The second kappa shape index (κ2) is 15.5. The van der Waals surface area contributed by atoms with Crippen molar-refractivity contribution in [2.75, 3.05) is 26.4 Å². The normalized spacial score (nSPS) is 10.5. The summed E-state index contributed by atoms with van der Waals surface area (Å²) in [5.41, 5.74) is 0. The Hall–Kier alpha value is -2.29. The van der Waals surface area contributed by atoms with Crippen LogP contribution in [0.5, 0.6) is 11.5 Å². The average molecular weight is 511 g/mol. The summed E-state index contributed by atoms with van der Waals surface area (Å²) >= 11 is 0. The second-order valence-corrected chi connectivity index (χ2v) is 8.38. The topological polar surface area (TPSA) is 151 Å². The molecule has 0 aliphatic carbocycles. The third kappa shape index (κ3) is 13.1. The molecular formula is C20H22MgO10S2. The maximum absolute atomic E-state index is 10.6. The molecule has 0 atom stereocenters. The molecule has 176 valence electrons. The maximum atomic E-state index is 10.6. The summed E-state index contributed by atoms with van der Waals surface area (Å²) < 4.78 is 83.8. The molecule has 0 unspecified atom stereocenters. The van der Waals surface area contributed by atoms with Gasteiger partial charge in [-0.3, -0.25) is 0 Å². The first-order valence-electron chi connectivity index (χ1n) is 8.90. The molecule has 0 bridgehead atoms. The summed E-state index contributed by atoms with van der Waals surface area (Å²) in [4.78, 5) is -0.551. The Morgan fingerprint density at radius 3 is 1.18 bits per heavy atom. The van der Waals surface area contributed by atoms with Gasteiger partial charge in [0, 0.05) is 0 Å². The molecule has 2 rings (SSSR count). The van der Waals surface area contributed by atoms with Gasteiger partial charge in [0.25, 0.3) is 0 Å². The van der Waals surface area contributed by atoms with Crippen molar-refractivity contribution in [1.82, 2.24) is 0 Å². The van der Waals surface area contributed by atoms with Crippen LogP contribution in [-0.4, -0.2) is 75.4 Å². The zero-order valence-corrected chi connectivity index (χ0v) is 20.7. The van der Waals surface area contributed by atoms with Crippen LogP contribution in [0.25, 0.3) is 0 Å². The summed E-state index contributed by atoms with van der Waals surface area (Å²) in [6.45, 7) is 8.06. The molecule has 0 aliphatic rings. The Labute approximate surface area is 209 Å². The first-order chi connectivity index (χ1) is 15.1. The number of hydrogen-bond acceptors (Lipinski definition) is 10. The van der Waals surface area contributed by atoms with Crippen LogP contribution in [0.4, 0.5) is 0 Å². The second-order valence-electron chi connectivity index (χ2n) is 5.62. The van der Waals surface area contributed by atoms with Crippen LogP contribution < -0.4 is 9.47 Å². The standard InChI is InChI=1S/2C10H12O5S.Mg/c2*1-2-14-7-8-15-9-3-5-10(6-4-9)16(11,12)13;/h2*2-6H,1,7-8H2,(H,11,12,13);/q;;+2/p-2. The monoisotopic (exact) mass is 510 g/mol. The van der Waals surface area contributed by atoms with Crippen LogP contribution in [0.3, 0.4) is 0 Å². The third-order valence-corrected chi connectivity index (χ3v) is 5.10. The first kappa shape index (κ1) is 30.7. The van der Waals surface area contributed by atoms with Gasteiger partial charge in [-0.15, -0.1) is 0 Å². The zero-order valence-electron chi connectivity index (χ0n) is 17.6. The van der Waals surface area contributed by atoms with Gasteiger partial charge in [-0.1, -0.05) is 13.2 Å². The Morgan fingerprint density at radius 2 is 0.939 bits per heavy atom. The van der Waals surface area contributed by atoms with Crippen LogP contribution >= 0.6 is 0 Å². The fraction of sp³-hybridized carbons (Fsp3) is 0.200. The van der Waals surface area contributed by atoms with Gasteiger partial charge in [0.1, 0.15) is 58.2 Å². The van der Waals surface area contributed by atoms with Crippen molar-refractivity contribution in [3.05, 3.63) is 74.2 Å². The molecule has 0 radical (unpaired) electrons. The molecular weight excluding hydrogens is 489 g/mol. The van der Waals surface area contributed by atoms with E-state index in [4.69, 9.17) is 18.9 Å². The van der Waals surface area contributed by atoms with E-state index in [1.165, 1.54) is 61.1 Å². The summed E-state index contributed by atoms with van der Waals surface area (Å²) in [5.74, 6) is 0.945. The molecule has 2 aromatic carbocycles. The van der Waals surface area contributed by atoms with E-state index in [0.717, 1.165) is 0 Å². The predicted molar refractivity (Wildman–Crippen MR) is 118 cm³/mol. The Kier molecular flexibility index (Phi) is 14.4. The third-order valence-electron chi connectivity index (χ3n) is 3.40. The van der Waals surface area contributed by atoms with Crippen molar-refractivity contribution in [2.45, 2.75) is 9.79 Å². The van der Waals surface area contributed by atoms with E-state index in [2.05, 4.69) is 13.2 Å². The van der Waals surface area contributed by atoms with E-state index in [1.807, 2.05) is 0 Å². The van der Waals surface area contributed by atoms with Gasteiger partial charge in [0.05, 0.1) is 22.3 Å². The van der Waals surface area contributed by atoms with Crippen molar-refractivity contribution in [2.24, 2.45) is 0 Å². The molecule has 0 heterocycles. The molecule has 0 saturated carbocycles. The van der Waals surface area contributed by atoms with E-state index in [9.17, 15) is 25.9 Å². The molecule has 0 saturated heterocycles. The van der Waals surface area contributed by atoms with Crippen molar-refractivity contribution in [1.29, 1.82) is 0 Å².